The zero-order chi connectivity index (χ0) is 12.4. The summed E-state index contributed by atoms with van der Waals surface area (Å²) in [5, 5.41) is 16.1. The van der Waals surface area contributed by atoms with Gasteiger partial charge >= 0.3 is 5.97 Å². The van der Waals surface area contributed by atoms with E-state index in [1.54, 1.807) is 12.3 Å². The largest absolute Gasteiger partial charge is 0.478 e. The van der Waals surface area contributed by atoms with Gasteiger partial charge in [0.2, 0.25) is 0 Å². The van der Waals surface area contributed by atoms with Crippen LogP contribution in [0.2, 0.25) is 0 Å². The summed E-state index contributed by atoms with van der Waals surface area (Å²) >= 11 is 0. The van der Waals surface area contributed by atoms with E-state index in [0.29, 0.717) is 17.3 Å². The maximum absolute atomic E-state index is 11.1. The molecule has 5 heteroatoms. The fourth-order valence-electron chi connectivity index (χ4n) is 1.54. The Hall–Kier alpha value is -2.17. The van der Waals surface area contributed by atoms with Gasteiger partial charge in [-0.25, -0.2) is 4.79 Å². The first-order valence-electron chi connectivity index (χ1n) is 5.33. The van der Waals surface area contributed by atoms with Gasteiger partial charge in [-0.2, -0.15) is 5.10 Å². The molecular weight excluding hydrogens is 218 g/mol. The van der Waals surface area contributed by atoms with E-state index in [9.17, 15) is 4.79 Å². The van der Waals surface area contributed by atoms with Crippen molar-refractivity contribution in [3.63, 3.8) is 0 Å². The van der Waals surface area contributed by atoms with Crippen molar-refractivity contribution in [3.05, 3.63) is 35.7 Å². The van der Waals surface area contributed by atoms with E-state index >= 15 is 0 Å². The van der Waals surface area contributed by atoms with E-state index in [-0.39, 0.29) is 5.56 Å². The van der Waals surface area contributed by atoms with Crippen molar-refractivity contribution >= 4 is 5.97 Å². The minimum atomic E-state index is -0.998. The van der Waals surface area contributed by atoms with E-state index in [2.05, 4.69) is 15.2 Å². The third kappa shape index (κ3) is 2.18. The Balaban J connectivity index is 2.49. The molecule has 0 unspecified atom stereocenters. The maximum Gasteiger partial charge on any atom is 0.337 e. The fourth-order valence-corrected chi connectivity index (χ4v) is 1.54. The Morgan fingerprint density at radius 2 is 2.24 bits per heavy atom. The van der Waals surface area contributed by atoms with E-state index in [1.165, 1.54) is 6.07 Å². The summed E-state index contributed by atoms with van der Waals surface area (Å²) in [6.07, 6.45) is 1.56. The molecule has 0 bridgehead atoms. The van der Waals surface area contributed by atoms with Crippen molar-refractivity contribution in [3.8, 4) is 11.4 Å². The highest BCUT2D eigenvalue weighted by Crippen LogP contribution is 2.22. The number of aromatic nitrogens is 3. The highest BCUT2D eigenvalue weighted by molar-refractivity contribution is 5.94. The molecule has 0 aliphatic carbocycles. The molecule has 0 aliphatic rings. The second-order valence-corrected chi connectivity index (χ2v) is 4.07. The number of aromatic carboxylic acids is 1. The van der Waals surface area contributed by atoms with Gasteiger partial charge in [0.05, 0.1) is 5.56 Å². The second kappa shape index (κ2) is 4.37. The highest BCUT2D eigenvalue weighted by Gasteiger charge is 2.15. The molecule has 0 atom stereocenters. The number of H-pyrrole nitrogens is 1. The third-order valence-corrected chi connectivity index (χ3v) is 2.50. The lowest BCUT2D eigenvalue weighted by Gasteiger charge is -2.00. The quantitative estimate of drug-likeness (QED) is 0.849. The van der Waals surface area contributed by atoms with Gasteiger partial charge in [-0.15, -0.1) is 0 Å². The molecule has 17 heavy (non-hydrogen) atoms. The summed E-state index contributed by atoms with van der Waals surface area (Å²) in [5.74, 6) is -0.685. The summed E-state index contributed by atoms with van der Waals surface area (Å²) in [6.45, 7) is 4.07. The number of rotatable bonds is 3. The number of carboxylic acid groups (broad SMARTS) is 1. The predicted octanol–water partition coefficient (Wildman–Crippen LogP) is 2.29. The number of hydrogen-bond donors (Lipinski definition) is 2. The summed E-state index contributed by atoms with van der Waals surface area (Å²) in [5.41, 5.74) is 2.08. The van der Waals surface area contributed by atoms with Crippen molar-refractivity contribution in [2.45, 2.75) is 19.8 Å². The molecule has 2 aromatic heterocycles. The molecule has 88 valence electrons. The first-order valence-corrected chi connectivity index (χ1v) is 5.33. The Labute approximate surface area is 98.5 Å². The van der Waals surface area contributed by atoms with Gasteiger partial charge < -0.3 is 5.11 Å². The normalized spacial score (nSPS) is 10.8. The summed E-state index contributed by atoms with van der Waals surface area (Å²) in [4.78, 5) is 15.1. The second-order valence-electron chi connectivity index (χ2n) is 4.07. The van der Waals surface area contributed by atoms with Crippen LogP contribution in [0, 0.1) is 0 Å². The molecule has 0 aliphatic heterocycles. The molecule has 0 saturated carbocycles. The Morgan fingerprint density at radius 3 is 2.82 bits per heavy atom. The average Bonchev–Trinajstić information content (AvgIpc) is 2.78. The molecule has 0 saturated heterocycles. The van der Waals surface area contributed by atoms with Gasteiger partial charge in [0.15, 0.2) is 0 Å². The van der Waals surface area contributed by atoms with Crippen LogP contribution in [0.4, 0.5) is 0 Å². The van der Waals surface area contributed by atoms with Crippen LogP contribution >= 0.6 is 0 Å². The highest BCUT2D eigenvalue weighted by atomic mass is 16.4. The number of pyridine rings is 1. The zero-order valence-corrected chi connectivity index (χ0v) is 9.64. The number of aromatic amines is 1. The first kappa shape index (κ1) is 11.3. The molecule has 0 radical (unpaired) electrons. The topological polar surface area (TPSA) is 78.9 Å². The predicted molar refractivity (Wildman–Crippen MR) is 62.9 cm³/mol. The number of nitrogens with one attached hydrogen (secondary N) is 1. The average molecular weight is 231 g/mol. The van der Waals surface area contributed by atoms with Crippen molar-refractivity contribution in [2.75, 3.05) is 0 Å². The van der Waals surface area contributed by atoms with Crippen LogP contribution in [0.5, 0.6) is 0 Å². The molecule has 0 aromatic carbocycles. The number of carbonyl (C=O) groups is 1. The molecule has 0 amide bonds. The number of carboxylic acids is 1. The summed E-state index contributed by atoms with van der Waals surface area (Å²) in [7, 11) is 0. The van der Waals surface area contributed by atoms with Crippen LogP contribution < -0.4 is 0 Å². The van der Waals surface area contributed by atoms with Crippen molar-refractivity contribution in [2.24, 2.45) is 0 Å². The van der Waals surface area contributed by atoms with Crippen LogP contribution in [0.15, 0.2) is 24.4 Å². The molecule has 2 aromatic rings. The molecule has 2 N–H and O–H groups in total. The zero-order valence-electron chi connectivity index (χ0n) is 9.64. The lowest BCUT2D eigenvalue weighted by atomic mass is 10.1. The molecule has 2 heterocycles. The van der Waals surface area contributed by atoms with Gasteiger partial charge in [0.25, 0.3) is 0 Å². The van der Waals surface area contributed by atoms with E-state index in [4.69, 9.17) is 5.11 Å². The maximum atomic E-state index is 11.1. The molecule has 5 nitrogen and oxygen atoms in total. The minimum absolute atomic E-state index is 0.161. The molecule has 0 spiro atoms. The van der Waals surface area contributed by atoms with Crippen LogP contribution in [-0.4, -0.2) is 26.3 Å². The Kier molecular flexibility index (Phi) is 2.91. The SMILES string of the molecule is CC(C)c1cc(-c2ncccc2C(=O)O)n[nH]1. The van der Waals surface area contributed by atoms with Crippen molar-refractivity contribution < 1.29 is 9.90 Å². The molecule has 2 rings (SSSR count). The summed E-state index contributed by atoms with van der Waals surface area (Å²) in [6, 6.07) is 4.96. The molecule has 0 fully saturated rings. The van der Waals surface area contributed by atoms with Crippen LogP contribution in [0.25, 0.3) is 11.4 Å². The Morgan fingerprint density at radius 1 is 1.47 bits per heavy atom. The van der Waals surface area contributed by atoms with Gasteiger partial charge in [-0.1, -0.05) is 13.8 Å². The molecular formula is C12H13N3O2. The van der Waals surface area contributed by atoms with Crippen LogP contribution in [-0.2, 0) is 0 Å². The summed E-state index contributed by atoms with van der Waals surface area (Å²) < 4.78 is 0. The van der Waals surface area contributed by atoms with E-state index in [1.807, 2.05) is 19.9 Å². The first-order chi connectivity index (χ1) is 8.09. The fraction of sp³-hybridized carbons (Fsp3) is 0.250. The van der Waals surface area contributed by atoms with Crippen molar-refractivity contribution in [1.29, 1.82) is 0 Å². The van der Waals surface area contributed by atoms with Gasteiger partial charge in [-0.3, -0.25) is 10.1 Å². The lowest BCUT2D eigenvalue weighted by Crippen LogP contribution is -2.01. The standard InChI is InChI=1S/C12H13N3O2/c1-7(2)9-6-10(15-14-9)11-8(12(16)17)4-3-5-13-11/h3-7H,1-2H3,(H,14,15)(H,16,17). The van der Waals surface area contributed by atoms with Gasteiger partial charge in [0, 0.05) is 11.9 Å². The van der Waals surface area contributed by atoms with Gasteiger partial charge in [-0.05, 0) is 24.1 Å². The number of nitrogens with zero attached hydrogens (tertiary/aromatic N) is 2. The van der Waals surface area contributed by atoms with Crippen molar-refractivity contribution in [1.82, 2.24) is 15.2 Å². The van der Waals surface area contributed by atoms with E-state index < -0.39 is 5.97 Å². The monoisotopic (exact) mass is 231 g/mol. The van der Waals surface area contributed by atoms with Gasteiger partial charge in [0.1, 0.15) is 11.4 Å². The number of hydrogen-bond acceptors (Lipinski definition) is 3. The minimum Gasteiger partial charge on any atom is -0.478 e. The van der Waals surface area contributed by atoms with Crippen LogP contribution in [0.1, 0.15) is 35.8 Å². The Bertz CT molecular complexity index is 546. The lowest BCUT2D eigenvalue weighted by molar-refractivity contribution is 0.0697. The smallest absolute Gasteiger partial charge is 0.337 e. The van der Waals surface area contributed by atoms with Crippen LogP contribution in [0.3, 0.4) is 0 Å². The third-order valence-electron chi connectivity index (χ3n) is 2.50. The van der Waals surface area contributed by atoms with E-state index in [0.717, 1.165) is 5.69 Å².